The molecule has 0 unspecified atom stereocenters. The molecule has 0 spiro atoms. The topological polar surface area (TPSA) is 58.9 Å². The van der Waals surface area contributed by atoms with Crippen molar-refractivity contribution >= 4 is 0 Å². The van der Waals surface area contributed by atoms with Gasteiger partial charge in [-0.05, 0) is 20.3 Å². The SMILES string of the molecule is CCCCCCCCCCCCCCCCCC[C@H](CO)[C@@H](O)[C@H]1COC(C)(C)O1. The van der Waals surface area contributed by atoms with E-state index in [0.29, 0.717) is 6.61 Å². The molecule has 4 nitrogen and oxygen atoms in total. The van der Waals surface area contributed by atoms with Gasteiger partial charge in [0.2, 0.25) is 0 Å². The summed E-state index contributed by atoms with van der Waals surface area (Å²) in [6.07, 6.45) is 21.6. The number of rotatable bonds is 20. The minimum Gasteiger partial charge on any atom is -0.396 e. The van der Waals surface area contributed by atoms with Gasteiger partial charge in [-0.3, -0.25) is 0 Å². The Morgan fingerprint density at radius 3 is 1.57 bits per heavy atom. The summed E-state index contributed by atoms with van der Waals surface area (Å²) in [5.41, 5.74) is 0. The zero-order valence-electron chi connectivity index (χ0n) is 20.4. The molecule has 1 saturated heterocycles. The highest BCUT2D eigenvalue weighted by Gasteiger charge is 2.39. The summed E-state index contributed by atoms with van der Waals surface area (Å²) in [6, 6.07) is 0. The van der Waals surface area contributed by atoms with Crippen LogP contribution in [0.2, 0.25) is 0 Å². The predicted octanol–water partition coefficient (Wildman–Crippen LogP) is 6.76. The molecule has 1 aliphatic rings. The van der Waals surface area contributed by atoms with Crippen molar-refractivity contribution in [1.29, 1.82) is 0 Å². The molecule has 0 aliphatic carbocycles. The summed E-state index contributed by atoms with van der Waals surface area (Å²) in [4.78, 5) is 0. The maximum Gasteiger partial charge on any atom is 0.163 e. The summed E-state index contributed by atoms with van der Waals surface area (Å²) in [7, 11) is 0. The molecule has 30 heavy (non-hydrogen) atoms. The van der Waals surface area contributed by atoms with Crippen LogP contribution in [-0.2, 0) is 9.47 Å². The number of ether oxygens (including phenoxy) is 2. The van der Waals surface area contributed by atoms with Crippen molar-refractivity contribution in [2.45, 2.75) is 148 Å². The highest BCUT2D eigenvalue weighted by atomic mass is 16.7. The lowest BCUT2D eigenvalue weighted by Gasteiger charge is -2.26. The maximum atomic E-state index is 10.5. The van der Waals surface area contributed by atoms with Crippen LogP contribution in [0.4, 0.5) is 0 Å². The molecule has 2 N–H and O–H groups in total. The lowest BCUT2D eigenvalue weighted by molar-refractivity contribution is -0.157. The van der Waals surface area contributed by atoms with E-state index < -0.39 is 11.9 Å². The van der Waals surface area contributed by atoms with Crippen molar-refractivity contribution in [2.24, 2.45) is 5.92 Å². The minimum atomic E-state index is -0.645. The van der Waals surface area contributed by atoms with Crippen LogP contribution in [-0.4, -0.2) is 41.4 Å². The van der Waals surface area contributed by atoms with Crippen LogP contribution in [0.1, 0.15) is 130 Å². The lowest BCUT2D eigenvalue weighted by atomic mass is 9.92. The molecule has 1 fully saturated rings. The Kier molecular flexibility index (Phi) is 16.2. The zero-order chi connectivity index (χ0) is 22.1. The van der Waals surface area contributed by atoms with Crippen molar-refractivity contribution in [1.82, 2.24) is 0 Å². The monoisotopic (exact) mass is 428 g/mol. The molecular weight excluding hydrogens is 376 g/mol. The van der Waals surface area contributed by atoms with Gasteiger partial charge in [-0.25, -0.2) is 0 Å². The average Bonchev–Trinajstić information content (AvgIpc) is 3.10. The fourth-order valence-corrected chi connectivity index (χ4v) is 4.51. The number of hydrogen-bond acceptors (Lipinski definition) is 4. The normalized spacial score (nSPS) is 20.5. The molecule has 1 aliphatic heterocycles. The number of aliphatic hydroxyl groups is 2. The Hall–Kier alpha value is -0.160. The molecule has 0 saturated carbocycles. The second kappa shape index (κ2) is 17.4. The second-order valence-corrected chi connectivity index (χ2v) is 9.89. The first-order chi connectivity index (χ1) is 14.5. The molecule has 0 bridgehead atoms. The van der Waals surface area contributed by atoms with E-state index in [0.717, 1.165) is 12.8 Å². The molecule has 0 aromatic rings. The van der Waals surface area contributed by atoms with E-state index in [2.05, 4.69) is 6.92 Å². The third-order valence-corrected chi connectivity index (χ3v) is 6.56. The zero-order valence-corrected chi connectivity index (χ0v) is 20.4. The summed E-state index contributed by atoms with van der Waals surface area (Å²) >= 11 is 0. The molecule has 4 heteroatoms. The highest BCUT2D eigenvalue weighted by Crippen LogP contribution is 2.28. The number of hydrogen-bond donors (Lipinski definition) is 2. The third-order valence-electron chi connectivity index (χ3n) is 6.56. The Morgan fingerprint density at radius 2 is 1.20 bits per heavy atom. The lowest BCUT2D eigenvalue weighted by Crippen LogP contribution is -2.38. The van der Waals surface area contributed by atoms with Gasteiger partial charge in [-0.1, -0.05) is 110 Å². The van der Waals surface area contributed by atoms with E-state index in [1.165, 1.54) is 96.3 Å². The van der Waals surface area contributed by atoms with Gasteiger partial charge < -0.3 is 19.7 Å². The number of unbranched alkanes of at least 4 members (excludes halogenated alkanes) is 15. The van der Waals surface area contributed by atoms with Crippen molar-refractivity contribution in [3.63, 3.8) is 0 Å². The van der Waals surface area contributed by atoms with E-state index in [-0.39, 0.29) is 18.6 Å². The maximum absolute atomic E-state index is 10.5. The first kappa shape index (κ1) is 27.9. The Labute approximate surface area is 187 Å². The van der Waals surface area contributed by atoms with Crippen LogP contribution in [0.25, 0.3) is 0 Å². The Bertz CT molecular complexity index is 385. The Morgan fingerprint density at radius 1 is 0.767 bits per heavy atom. The number of aliphatic hydroxyl groups excluding tert-OH is 2. The molecule has 1 rings (SSSR count). The molecule has 0 amide bonds. The Balaban J connectivity index is 1.88. The summed E-state index contributed by atoms with van der Waals surface area (Å²) in [5, 5.41) is 20.2. The standard InChI is InChI=1S/C26H52O4/c1-4-5-6-7-8-9-10-11-12-13-14-15-16-17-18-19-20-23(21-27)25(28)24-22-29-26(2,3)30-24/h23-25,27-28H,4-22H2,1-3H3/t23-,24-,25-/m1/s1. The van der Waals surface area contributed by atoms with E-state index in [9.17, 15) is 10.2 Å². The van der Waals surface area contributed by atoms with E-state index in [4.69, 9.17) is 9.47 Å². The molecular formula is C26H52O4. The highest BCUT2D eigenvalue weighted by molar-refractivity contribution is 4.82. The van der Waals surface area contributed by atoms with Crippen molar-refractivity contribution in [3.05, 3.63) is 0 Å². The van der Waals surface area contributed by atoms with Gasteiger partial charge in [-0.15, -0.1) is 0 Å². The minimum absolute atomic E-state index is 0.0141. The van der Waals surface area contributed by atoms with Crippen molar-refractivity contribution < 1.29 is 19.7 Å². The molecule has 0 aromatic heterocycles. The van der Waals surface area contributed by atoms with Crippen molar-refractivity contribution in [3.8, 4) is 0 Å². The summed E-state index contributed by atoms with van der Waals surface area (Å²) in [6.45, 7) is 6.43. The van der Waals surface area contributed by atoms with Crippen LogP contribution in [0.5, 0.6) is 0 Å². The fourth-order valence-electron chi connectivity index (χ4n) is 4.51. The molecule has 180 valence electrons. The first-order valence-corrected chi connectivity index (χ1v) is 13.1. The molecule has 0 aromatic carbocycles. The third kappa shape index (κ3) is 13.3. The van der Waals surface area contributed by atoms with Crippen molar-refractivity contribution in [2.75, 3.05) is 13.2 Å². The van der Waals surface area contributed by atoms with Crippen LogP contribution in [0.15, 0.2) is 0 Å². The second-order valence-electron chi connectivity index (χ2n) is 9.89. The van der Waals surface area contributed by atoms with E-state index in [1.807, 2.05) is 13.8 Å². The predicted molar refractivity (Wildman–Crippen MR) is 126 cm³/mol. The molecule has 0 radical (unpaired) electrons. The quantitative estimate of drug-likeness (QED) is 0.210. The van der Waals surface area contributed by atoms with Gasteiger partial charge in [0.25, 0.3) is 0 Å². The van der Waals surface area contributed by atoms with Crippen LogP contribution in [0, 0.1) is 5.92 Å². The van der Waals surface area contributed by atoms with Gasteiger partial charge in [0.05, 0.1) is 12.7 Å². The molecule has 3 atom stereocenters. The average molecular weight is 429 g/mol. The van der Waals surface area contributed by atoms with Gasteiger partial charge in [0, 0.05) is 12.5 Å². The van der Waals surface area contributed by atoms with Gasteiger partial charge >= 0.3 is 0 Å². The first-order valence-electron chi connectivity index (χ1n) is 13.1. The van der Waals surface area contributed by atoms with Crippen LogP contribution < -0.4 is 0 Å². The van der Waals surface area contributed by atoms with Crippen LogP contribution >= 0.6 is 0 Å². The van der Waals surface area contributed by atoms with Gasteiger partial charge in [0.1, 0.15) is 6.10 Å². The van der Waals surface area contributed by atoms with E-state index >= 15 is 0 Å². The summed E-state index contributed by atoms with van der Waals surface area (Å²) in [5.74, 6) is -0.737. The van der Waals surface area contributed by atoms with Crippen LogP contribution in [0.3, 0.4) is 0 Å². The summed E-state index contributed by atoms with van der Waals surface area (Å²) < 4.78 is 11.3. The smallest absolute Gasteiger partial charge is 0.163 e. The van der Waals surface area contributed by atoms with E-state index in [1.54, 1.807) is 0 Å². The molecule has 1 heterocycles. The van der Waals surface area contributed by atoms with Gasteiger partial charge in [-0.2, -0.15) is 0 Å². The largest absolute Gasteiger partial charge is 0.396 e. The van der Waals surface area contributed by atoms with Gasteiger partial charge in [0.15, 0.2) is 5.79 Å². The fraction of sp³-hybridized carbons (Fsp3) is 1.00.